The lowest BCUT2D eigenvalue weighted by atomic mass is 10.2. The summed E-state index contributed by atoms with van der Waals surface area (Å²) in [6.45, 7) is 2.78. The van der Waals surface area contributed by atoms with Crippen molar-refractivity contribution in [1.29, 1.82) is 0 Å². The Morgan fingerprint density at radius 2 is 2.11 bits per heavy atom. The van der Waals surface area contributed by atoms with Crippen LogP contribution < -0.4 is 0 Å². The molecular weight excluding hydrogens is 236 g/mol. The molecule has 0 bridgehead atoms. The van der Waals surface area contributed by atoms with E-state index < -0.39 is 0 Å². The van der Waals surface area contributed by atoms with Gasteiger partial charge in [0, 0.05) is 18.6 Å². The van der Waals surface area contributed by atoms with Gasteiger partial charge < -0.3 is 8.97 Å². The van der Waals surface area contributed by atoms with E-state index in [1.54, 1.807) is 0 Å². The minimum Gasteiger partial charge on any atom is -0.331 e. The van der Waals surface area contributed by atoms with Crippen LogP contribution in [0.4, 0.5) is 0 Å². The lowest BCUT2D eigenvalue weighted by Crippen LogP contribution is -1.96. The highest BCUT2D eigenvalue weighted by Crippen LogP contribution is 2.39. The van der Waals surface area contributed by atoms with Crippen molar-refractivity contribution in [2.24, 2.45) is 0 Å². The third kappa shape index (κ3) is 2.03. The van der Waals surface area contributed by atoms with Crippen molar-refractivity contribution in [3.05, 3.63) is 54.0 Å². The molecule has 1 aliphatic rings. The van der Waals surface area contributed by atoms with Gasteiger partial charge in [0.05, 0.1) is 24.3 Å². The molecule has 0 aliphatic heterocycles. The fourth-order valence-electron chi connectivity index (χ4n) is 2.54. The maximum Gasteiger partial charge on any atom is 0.137 e. The highest BCUT2D eigenvalue weighted by atomic mass is 15.1. The Hall–Kier alpha value is -2.10. The van der Waals surface area contributed by atoms with Crippen LogP contribution >= 0.6 is 0 Å². The van der Waals surface area contributed by atoms with Crippen molar-refractivity contribution >= 4 is 5.65 Å². The van der Waals surface area contributed by atoms with Crippen LogP contribution in [-0.2, 0) is 6.54 Å². The SMILES string of the molecule is Cc1cn(Cc2cn3cc(C4CC4)ccc3n2)cn1. The van der Waals surface area contributed by atoms with E-state index in [2.05, 4.69) is 43.5 Å². The summed E-state index contributed by atoms with van der Waals surface area (Å²) in [7, 11) is 0. The molecule has 19 heavy (non-hydrogen) atoms. The van der Waals surface area contributed by atoms with Crippen LogP contribution in [0.2, 0.25) is 0 Å². The van der Waals surface area contributed by atoms with Crippen LogP contribution in [0.25, 0.3) is 5.65 Å². The van der Waals surface area contributed by atoms with Gasteiger partial charge in [-0.3, -0.25) is 0 Å². The molecule has 96 valence electrons. The van der Waals surface area contributed by atoms with E-state index in [4.69, 9.17) is 0 Å². The predicted molar refractivity (Wildman–Crippen MR) is 73.2 cm³/mol. The lowest BCUT2D eigenvalue weighted by Gasteiger charge is -1.98. The lowest BCUT2D eigenvalue weighted by molar-refractivity contribution is 0.778. The predicted octanol–water partition coefficient (Wildman–Crippen LogP) is 2.76. The van der Waals surface area contributed by atoms with E-state index in [9.17, 15) is 0 Å². The number of aromatic nitrogens is 4. The first kappa shape index (κ1) is 10.8. The molecule has 1 fully saturated rings. The quantitative estimate of drug-likeness (QED) is 0.718. The number of hydrogen-bond acceptors (Lipinski definition) is 2. The minimum atomic E-state index is 0.779. The van der Waals surface area contributed by atoms with Crippen LogP contribution in [0.3, 0.4) is 0 Å². The molecule has 4 heteroatoms. The number of pyridine rings is 1. The Kier molecular flexibility index (Phi) is 2.24. The molecule has 0 N–H and O–H groups in total. The van der Waals surface area contributed by atoms with E-state index in [-0.39, 0.29) is 0 Å². The number of hydrogen-bond donors (Lipinski definition) is 0. The molecule has 4 rings (SSSR count). The average molecular weight is 252 g/mol. The minimum absolute atomic E-state index is 0.779. The molecule has 0 amide bonds. The van der Waals surface area contributed by atoms with Gasteiger partial charge in [0.15, 0.2) is 0 Å². The number of imidazole rings is 2. The largest absolute Gasteiger partial charge is 0.331 e. The zero-order valence-electron chi connectivity index (χ0n) is 11.0. The van der Waals surface area contributed by atoms with Crippen molar-refractivity contribution in [1.82, 2.24) is 18.9 Å². The monoisotopic (exact) mass is 252 g/mol. The Bertz CT molecular complexity index is 734. The summed E-state index contributed by atoms with van der Waals surface area (Å²) in [4.78, 5) is 8.89. The van der Waals surface area contributed by atoms with Crippen molar-refractivity contribution < 1.29 is 0 Å². The van der Waals surface area contributed by atoms with Crippen LogP contribution in [0, 0.1) is 6.92 Å². The second-order valence-electron chi connectivity index (χ2n) is 5.42. The topological polar surface area (TPSA) is 35.1 Å². The highest BCUT2D eigenvalue weighted by molar-refractivity contribution is 5.42. The second-order valence-corrected chi connectivity index (χ2v) is 5.42. The maximum absolute atomic E-state index is 4.65. The summed E-state index contributed by atoms with van der Waals surface area (Å²) in [6, 6.07) is 4.33. The molecule has 3 aromatic heterocycles. The van der Waals surface area contributed by atoms with Crippen LogP contribution in [0.1, 0.15) is 35.7 Å². The molecule has 0 aromatic carbocycles. The van der Waals surface area contributed by atoms with E-state index in [1.165, 1.54) is 18.4 Å². The molecule has 0 atom stereocenters. The fraction of sp³-hybridized carbons (Fsp3) is 0.333. The Morgan fingerprint density at radius 3 is 2.84 bits per heavy atom. The van der Waals surface area contributed by atoms with E-state index in [0.717, 1.165) is 29.5 Å². The fourth-order valence-corrected chi connectivity index (χ4v) is 2.54. The smallest absolute Gasteiger partial charge is 0.137 e. The first-order valence-corrected chi connectivity index (χ1v) is 6.74. The van der Waals surface area contributed by atoms with Gasteiger partial charge in [-0.1, -0.05) is 6.07 Å². The summed E-state index contributed by atoms with van der Waals surface area (Å²) in [5.41, 5.74) is 4.58. The van der Waals surface area contributed by atoms with Gasteiger partial charge in [-0.15, -0.1) is 0 Å². The second kappa shape index (κ2) is 3.95. The van der Waals surface area contributed by atoms with E-state index >= 15 is 0 Å². The third-order valence-electron chi connectivity index (χ3n) is 3.68. The van der Waals surface area contributed by atoms with Crippen LogP contribution in [0.5, 0.6) is 0 Å². The van der Waals surface area contributed by atoms with Gasteiger partial charge in [-0.05, 0) is 37.3 Å². The summed E-state index contributed by atoms with van der Waals surface area (Å²) in [6.07, 6.45) is 10.9. The highest BCUT2D eigenvalue weighted by Gasteiger charge is 2.23. The van der Waals surface area contributed by atoms with Crippen molar-refractivity contribution in [2.75, 3.05) is 0 Å². The Balaban J connectivity index is 1.67. The Labute approximate surface area is 111 Å². The van der Waals surface area contributed by atoms with Crippen molar-refractivity contribution in [3.63, 3.8) is 0 Å². The maximum atomic E-state index is 4.65. The number of fused-ring (bicyclic) bond motifs is 1. The van der Waals surface area contributed by atoms with Gasteiger partial charge in [-0.25, -0.2) is 9.97 Å². The van der Waals surface area contributed by atoms with Crippen molar-refractivity contribution in [2.45, 2.75) is 32.2 Å². The normalized spacial score (nSPS) is 15.2. The number of nitrogens with zero attached hydrogens (tertiary/aromatic N) is 4. The molecule has 1 saturated carbocycles. The number of rotatable bonds is 3. The van der Waals surface area contributed by atoms with Crippen molar-refractivity contribution in [3.8, 4) is 0 Å². The first-order chi connectivity index (χ1) is 9.28. The summed E-state index contributed by atoms with van der Waals surface area (Å²) in [5.74, 6) is 0.784. The van der Waals surface area contributed by atoms with E-state index in [0.29, 0.717) is 0 Å². The first-order valence-electron chi connectivity index (χ1n) is 6.74. The number of aryl methyl sites for hydroxylation is 1. The molecule has 0 spiro atoms. The molecule has 3 heterocycles. The molecule has 0 radical (unpaired) electrons. The molecular formula is C15H16N4. The standard InChI is InChI=1S/C15H16N4/c1-11-6-18(10-16-11)8-14-9-19-7-13(12-2-3-12)4-5-15(19)17-14/h4-7,9-10,12H,2-3,8H2,1H3. The van der Waals surface area contributed by atoms with Crippen LogP contribution in [0.15, 0.2) is 37.1 Å². The Morgan fingerprint density at radius 1 is 1.21 bits per heavy atom. The summed E-state index contributed by atoms with van der Waals surface area (Å²) < 4.78 is 4.21. The molecule has 1 aliphatic carbocycles. The summed E-state index contributed by atoms with van der Waals surface area (Å²) >= 11 is 0. The van der Waals surface area contributed by atoms with Crippen LogP contribution in [-0.4, -0.2) is 18.9 Å². The molecule has 3 aromatic rings. The molecule has 0 unspecified atom stereocenters. The zero-order chi connectivity index (χ0) is 12.8. The van der Waals surface area contributed by atoms with Gasteiger partial charge in [-0.2, -0.15) is 0 Å². The third-order valence-corrected chi connectivity index (χ3v) is 3.68. The van der Waals surface area contributed by atoms with Gasteiger partial charge in [0.2, 0.25) is 0 Å². The zero-order valence-corrected chi connectivity index (χ0v) is 11.0. The van der Waals surface area contributed by atoms with Gasteiger partial charge in [0.1, 0.15) is 5.65 Å². The summed E-state index contributed by atoms with van der Waals surface area (Å²) in [5, 5.41) is 0. The van der Waals surface area contributed by atoms with E-state index in [1.807, 2.05) is 19.4 Å². The molecule has 4 nitrogen and oxygen atoms in total. The average Bonchev–Trinajstić information content (AvgIpc) is 3.05. The molecule has 0 saturated heterocycles. The van der Waals surface area contributed by atoms with Gasteiger partial charge in [0.25, 0.3) is 0 Å². The van der Waals surface area contributed by atoms with Gasteiger partial charge >= 0.3 is 0 Å².